The van der Waals surface area contributed by atoms with Gasteiger partial charge in [0, 0.05) is 17.5 Å². The Balaban J connectivity index is 2.31. The van der Waals surface area contributed by atoms with Crippen molar-refractivity contribution in [2.45, 2.75) is 32.1 Å². The van der Waals surface area contributed by atoms with Crippen molar-refractivity contribution in [3.63, 3.8) is 0 Å². The van der Waals surface area contributed by atoms with Crippen LogP contribution in [0.1, 0.15) is 36.9 Å². The van der Waals surface area contributed by atoms with E-state index in [2.05, 4.69) is 4.98 Å². The summed E-state index contributed by atoms with van der Waals surface area (Å²) in [6.45, 7) is 1.65. The molecule has 1 fully saturated rings. The Morgan fingerprint density at radius 2 is 1.85 bits per heavy atom. The van der Waals surface area contributed by atoms with Crippen molar-refractivity contribution in [2.24, 2.45) is 11.8 Å². The molecular formula is C13H13F3N2O2. The minimum atomic E-state index is -3.09. The Morgan fingerprint density at radius 3 is 2.40 bits per heavy atom. The monoisotopic (exact) mass is 286 g/mol. The van der Waals surface area contributed by atoms with Crippen LogP contribution < -0.4 is 11.2 Å². The minimum absolute atomic E-state index is 0.00897. The predicted octanol–water partition coefficient (Wildman–Crippen LogP) is 2.15. The molecular weight excluding hydrogens is 273 g/mol. The SMILES string of the molecule is CC1c2[nH]c(=O)[nH]c(=O)c2C(C(F)F)=C(F)C1C1CC1. The van der Waals surface area contributed by atoms with E-state index >= 15 is 0 Å². The van der Waals surface area contributed by atoms with Gasteiger partial charge >= 0.3 is 5.69 Å². The summed E-state index contributed by atoms with van der Waals surface area (Å²) in [5, 5.41) is 0. The fourth-order valence-electron chi connectivity index (χ4n) is 3.09. The molecule has 1 heterocycles. The zero-order valence-corrected chi connectivity index (χ0v) is 10.7. The third-order valence-corrected chi connectivity index (χ3v) is 4.13. The lowest BCUT2D eigenvalue weighted by molar-refractivity contribution is 0.206. The average Bonchev–Trinajstić information content (AvgIpc) is 3.15. The fourth-order valence-corrected chi connectivity index (χ4v) is 3.09. The molecule has 0 bridgehead atoms. The standard InChI is InChI=1S/C13H13F3N2O2/c1-4-6(5-2-3-5)9(14)7(11(15)16)8-10(4)17-13(20)18-12(8)19/h4-6,11H,2-3H2,1H3,(H2,17,18,19,20). The van der Waals surface area contributed by atoms with Gasteiger partial charge in [-0.2, -0.15) is 0 Å². The molecule has 2 unspecified atom stereocenters. The smallest absolute Gasteiger partial charge is 0.310 e. The van der Waals surface area contributed by atoms with Crippen LogP contribution in [0.2, 0.25) is 0 Å². The van der Waals surface area contributed by atoms with E-state index in [0.29, 0.717) is 0 Å². The highest BCUT2D eigenvalue weighted by atomic mass is 19.3. The summed E-state index contributed by atoms with van der Waals surface area (Å²) in [5.74, 6) is -2.06. The van der Waals surface area contributed by atoms with Crippen molar-refractivity contribution < 1.29 is 13.2 Å². The number of hydrogen-bond acceptors (Lipinski definition) is 2. The Hall–Kier alpha value is -1.79. The van der Waals surface area contributed by atoms with Gasteiger partial charge in [-0.25, -0.2) is 18.0 Å². The largest absolute Gasteiger partial charge is 0.325 e. The second-order valence-electron chi connectivity index (χ2n) is 5.41. The molecule has 4 nitrogen and oxygen atoms in total. The van der Waals surface area contributed by atoms with Crippen LogP contribution >= 0.6 is 0 Å². The first-order valence-corrected chi connectivity index (χ1v) is 6.46. The van der Waals surface area contributed by atoms with Crippen molar-refractivity contribution in [1.29, 1.82) is 0 Å². The number of allylic oxidation sites excluding steroid dienone is 2. The summed E-state index contributed by atoms with van der Waals surface area (Å²) in [4.78, 5) is 27.4. The molecule has 108 valence electrons. The molecule has 0 radical (unpaired) electrons. The van der Waals surface area contributed by atoms with Crippen LogP contribution in [0.25, 0.3) is 5.57 Å². The van der Waals surface area contributed by atoms with Gasteiger partial charge in [0.1, 0.15) is 5.83 Å². The highest BCUT2D eigenvalue weighted by molar-refractivity contribution is 5.73. The van der Waals surface area contributed by atoms with Gasteiger partial charge in [-0.15, -0.1) is 0 Å². The maximum Gasteiger partial charge on any atom is 0.325 e. The maximum absolute atomic E-state index is 14.4. The number of aromatic amines is 2. The lowest BCUT2D eigenvalue weighted by atomic mass is 9.77. The first-order valence-electron chi connectivity index (χ1n) is 6.46. The topological polar surface area (TPSA) is 65.7 Å². The van der Waals surface area contributed by atoms with E-state index in [4.69, 9.17) is 0 Å². The fraction of sp³-hybridized carbons (Fsp3) is 0.538. The average molecular weight is 286 g/mol. The number of rotatable bonds is 2. The van der Waals surface area contributed by atoms with Gasteiger partial charge in [-0.1, -0.05) is 6.92 Å². The number of aromatic nitrogens is 2. The number of hydrogen-bond donors (Lipinski definition) is 2. The molecule has 3 rings (SSSR count). The number of halogens is 3. The van der Waals surface area contributed by atoms with Gasteiger partial charge in [0.15, 0.2) is 0 Å². The molecule has 1 aromatic rings. The van der Waals surface area contributed by atoms with E-state index in [-0.39, 0.29) is 11.6 Å². The zero-order chi connectivity index (χ0) is 14.6. The number of nitrogens with one attached hydrogen (secondary N) is 2. The summed E-state index contributed by atoms with van der Waals surface area (Å²) in [6, 6.07) is 0. The predicted molar refractivity (Wildman–Crippen MR) is 66.3 cm³/mol. The van der Waals surface area contributed by atoms with Gasteiger partial charge in [0.2, 0.25) is 0 Å². The lowest BCUT2D eigenvalue weighted by Gasteiger charge is -2.30. The van der Waals surface area contributed by atoms with E-state index in [0.717, 1.165) is 12.8 Å². The molecule has 0 aliphatic heterocycles. The van der Waals surface area contributed by atoms with Crippen molar-refractivity contribution in [1.82, 2.24) is 9.97 Å². The van der Waals surface area contributed by atoms with Crippen LogP contribution in [0, 0.1) is 11.8 Å². The van der Waals surface area contributed by atoms with E-state index in [9.17, 15) is 22.8 Å². The Bertz CT molecular complexity index is 700. The Labute approximate surface area is 111 Å². The number of fused-ring (bicyclic) bond motifs is 1. The summed E-state index contributed by atoms with van der Waals surface area (Å²) < 4.78 is 40.8. The van der Waals surface area contributed by atoms with Gasteiger partial charge in [-0.05, 0) is 18.8 Å². The van der Waals surface area contributed by atoms with E-state index in [1.165, 1.54) is 0 Å². The minimum Gasteiger partial charge on any atom is -0.310 e. The van der Waals surface area contributed by atoms with E-state index < -0.39 is 46.5 Å². The number of H-pyrrole nitrogens is 2. The molecule has 2 aliphatic carbocycles. The van der Waals surface area contributed by atoms with E-state index in [1.807, 2.05) is 4.98 Å². The van der Waals surface area contributed by atoms with Crippen molar-refractivity contribution >= 4 is 5.57 Å². The maximum atomic E-state index is 14.4. The van der Waals surface area contributed by atoms with Crippen LogP contribution in [-0.2, 0) is 0 Å². The Kier molecular flexibility index (Phi) is 2.88. The van der Waals surface area contributed by atoms with Crippen LogP contribution in [-0.4, -0.2) is 16.4 Å². The van der Waals surface area contributed by atoms with Crippen molar-refractivity contribution in [2.75, 3.05) is 0 Å². The van der Waals surface area contributed by atoms with Gasteiger partial charge in [0.05, 0.1) is 11.1 Å². The van der Waals surface area contributed by atoms with Gasteiger partial charge < -0.3 is 4.98 Å². The van der Waals surface area contributed by atoms with Crippen LogP contribution in [0.3, 0.4) is 0 Å². The number of alkyl halides is 2. The second kappa shape index (κ2) is 4.36. The van der Waals surface area contributed by atoms with Crippen LogP contribution in [0.15, 0.2) is 15.4 Å². The Morgan fingerprint density at radius 1 is 1.20 bits per heavy atom. The van der Waals surface area contributed by atoms with Crippen LogP contribution in [0.5, 0.6) is 0 Å². The third kappa shape index (κ3) is 1.83. The summed E-state index contributed by atoms with van der Waals surface area (Å²) in [5.41, 5.74) is -2.89. The van der Waals surface area contributed by atoms with Crippen molar-refractivity contribution in [3.8, 4) is 0 Å². The van der Waals surface area contributed by atoms with Gasteiger partial charge in [0.25, 0.3) is 12.0 Å². The van der Waals surface area contributed by atoms with Gasteiger partial charge in [-0.3, -0.25) is 9.78 Å². The van der Waals surface area contributed by atoms with E-state index in [1.54, 1.807) is 6.92 Å². The summed E-state index contributed by atoms with van der Waals surface area (Å²) in [6.07, 6.45) is -1.53. The lowest BCUT2D eigenvalue weighted by Crippen LogP contribution is -2.34. The molecule has 2 aliphatic rings. The summed E-state index contributed by atoms with van der Waals surface area (Å²) >= 11 is 0. The molecule has 2 atom stereocenters. The molecule has 0 aromatic carbocycles. The first kappa shape index (κ1) is 13.2. The molecule has 20 heavy (non-hydrogen) atoms. The quantitative estimate of drug-likeness (QED) is 0.875. The summed E-state index contributed by atoms with van der Waals surface area (Å²) in [7, 11) is 0. The van der Waals surface area contributed by atoms with Crippen molar-refractivity contribution in [3.05, 3.63) is 37.9 Å². The molecule has 0 amide bonds. The molecule has 2 N–H and O–H groups in total. The highest BCUT2D eigenvalue weighted by Crippen LogP contribution is 2.52. The normalized spacial score (nSPS) is 26.1. The molecule has 7 heteroatoms. The molecule has 1 aromatic heterocycles. The zero-order valence-electron chi connectivity index (χ0n) is 10.7. The highest BCUT2D eigenvalue weighted by Gasteiger charge is 2.45. The molecule has 1 saturated carbocycles. The second-order valence-corrected chi connectivity index (χ2v) is 5.41. The molecule has 0 spiro atoms. The third-order valence-electron chi connectivity index (χ3n) is 4.13. The van der Waals surface area contributed by atoms with Crippen LogP contribution in [0.4, 0.5) is 13.2 Å². The first-order chi connectivity index (χ1) is 9.41. The molecule has 0 saturated heterocycles.